The van der Waals surface area contributed by atoms with Gasteiger partial charge in [0.15, 0.2) is 0 Å². The third-order valence-electron chi connectivity index (χ3n) is 6.35. The Balaban J connectivity index is 1.40. The van der Waals surface area contributed by atoms with Crippen LogP contribution in [0, 0.1) is 0 Å². The Labute approximate surface area is 153 Å². The van der Waals surface area contributed by atoms with Crippen LogP contribution in [-0.2, 0) is 6.54 Å². The number of carbonyl (C=O) groups excluding carboxylic acids is 2. The first-order chi connectivity index (χ1) is 12.5. The molecule has 26 heavy (non-hydrogen) atoms. The van der Waals surface area contributed by atoms with Crippen molar-refractivity contribution in [2.45, 2.75) is 63.3 Å². The first-order valence-electron chi connectivity index (χ1n) is 9.69. The van der Waals surface area contributed by atoms with E-state index in [0.29, 0.717) is 23.7 Å². The summed E-state index contributed by atoms with van der Waals surface area (Å²) in [6, 6.07) is 6.16. The molecule has 0 spiro atoms. The third kappa shape index (κ3) is 3.12. The van der Waals surface area contributed by atoms with Gasteiger partial charge in [0.1, 0.15) is 0 Å². The van der Waals surface area contributed by atoms with Crippen LogP contribution in [-0.4, -0.2) is 58.0 Å². The van der Waals surface area contributed by atoms with E-state index in [-0.39, 0.29) is 18.1 Å². The normalized spacial score (nSPS) is 27.6. The zero-order valence-corrected chi connectivity index (χ0v) is 15.1. The van der Waals surface area contributed by atoms with Crippen molar-refractivity contribution in [2.24, 2.45) is 5.73 Å². The standard InChI is InChI=1S/C20H27N3O3/c21-19(25)17-3-1-2-13-12-23(20(26)18(13)17)15-8-10-22(11-9-15)14-4-6-16(24)7-5-14/h1-3,14-16,24H,4-12H2,(H2,21,25). The molecule has 140 valence electrons. The van der Waals surface area contributed by atoms with Crippen molar-refractivity contribution in [3.05, 3.63) is 34.9 Å². The molecule has 6 nitrogen and oxygen atoms in total. The number of amides is 2. The molecule has 0 bridgehead atoms. The number of hydrogen-bond donors (Lipinski definition) is 2. The van der Waals surface area contributed by atoms with Crippen LogP contribution in [0.3, 0.4) is 0 Å². The molecule has 2 aliphatic heterocycles. The van der Waals surface area contributed by atoms with Gasteiger partial charge < -0.3 is 20.6 Å². The summed E-state index contributed by atoms with van der Waals surface area (Å²) in [5.74, 6) is -0.583. The Morgan fingerprint density at radius 1 is 1.04 bits per heavy atom. The van der Waals surface area contributed by atoms with Gasteiger partial charge in [-0.25, -0.2) is 0 Å². The lowest BCUT2D eigenvalue weighted by molar-refractivity contribution is 0.0371. The third-order valence-corrected chi connectivity index (χ3v) is 6.35. The van der Waals surface area contributed by atoms with Gasteiger partial charge in [-0.1, -0.05) is 12.1 Å². The van der Waals surface area contributed by atoms with E-state index in [2.05, 4.69) is 4.90 Å². The van der Waals surface area contributed by atoms with E-state index in [4.69, 9.17) is 5.73 Å². The van der Waals surface area contributed by atoms with Crippen LogP contribution in [0.4, 0.5) is 0 Å². The van der Waals surface area contributed by atoms with Crippen LogP contribution in [0.15, 0.2) is 18.2 Å². The molecule has 2 fully saturated rings. The number of rotatable bonds is 3. The summed E-state index contributed by atoms with van der Waals surface area (Å²) in [7, 11) is 0. The van der Waals surface area contributed by atoms with Gasteiger partial charge in [-0.3, -0.25) is 9.59 Å². The number of hydrogen-bond acceptors (Lipinski definition) is 4. The second kappa shape index (κ2) is 7.00. The summed E-state index contributed by atoms with van der Waals surface area (Å²) in [4.78, 5) is 29.0. The summed E-state index contributed by atoms with van der Waals surface area (Å²) in [6.07, 6.45) is 5.75. The zero-order chi connectivity index (χ0) is 18.3. The molecule has 0 atom stereocenters. The first kappa shape index (κ1) is 17.5. The highest BCUT2D eigenvalue weighted by molar-refractivity contribution is 6.09. The Bertz CT molecular complexity index is 704. The minimum atomic E-state index is -0.536. The number of carbonyl (C=O) groups is 2. The summed E-state index contributed by atoms with van der Waals surface area (Å²) in [5.41, 5.74) is 7.21. The number of nitrogens with zero attached hydrogens (tertiary/aromatic N) is 2. The molecule has 2 heterocycles. The molecule has 2 amide bonds. The largest absolute Gasteiger partial charge is 0.393 e. The second-order valence-corrected chi connectivity index (χ2v) is 7.87. The van der Waals surface area contributed by atoms with Crippen molar-refractivity contribution in [1.29, 1.82) is 0 Å². The maximum Gasteiger partial charge on any atom is 0.255 e. The number of aliphatic hydroxyl groups excluding tert-OH is 1. The van der Waals surface area contributed by atoms with Crippen molar-refractivity contribution < 1.29 is 14.7 Å². The van der Waals surface area contributed by atoms with Gasteiger partial charge in [-0.15, -0.1) is 0 Å². The van der Waals surface area contributed by atoms with Crippen molar-refractivity contribution in [3.8, 4) is 0 Å². The van der Waals surface area contributed by atoms with E-state index < -0.39 is 5.91 Å². The monoisotopic (exact) mass is 357 g/mol. The summed E-state index contributed by atoms with van der Waals surface area (Å²) < 4.78 is 0. The van der Waals surface area contributed by atoms with Crippen LogP contribution in [0.1, 0.15) is 64.8 Å². The highest BCUT2D eigenvalue weighted by Gasteiger charge is 2.37. The highest BCUT2D eigenvalue weighted by atomic mass is 16.3. The Morgan fingerprint density at radius 3 is 2.38 bits per heavy atom. The molecule has 6 heteroatoms. The molecule has 0 radical (unpaired) electrons. The fourth-order valence-corrected chi connectivity index (χ4v) is 4.87. The Kier molecular flexibility index (Phi) is 4.71. The van der Waals surface area contributed by atoms with Gasteiger partial charge >= 0.3 is 0 Å². The van der Waals surface area contributed by atoms with Gasteiger partial charge in [0.25, 0.3) is 5.91 Å². The van der Waals surface area contributed by atoms with Gasteiger partial charge in [0.05, 0.1) is 17.2 Å². The average Bonchev–Trinajstić information content (AvgIpc) is 2.99. The maximum atomic E-state index is 12.9. The fraction of sp³-hybridized carbons (Fsp3) is 0.600. The molecule has 1 aromatic carbocycles. The van der Waals surface area contributed by atoms with E-state index in [0.717, 1.165) is 57.2 Å². The smallest absolute Gasteiger partial charge is 0.255 e. The molecule has 0 aromatic heterocycles. The van der Waals surface area contributed by atoms with Crippen molar-refractivity contribution >= 4 is 11.8 Å². The van der Waals surface area contributed by atoms with Crippen molar-refractivity contribution in [1.82, 2.24) is 9.80 Å². The molecule has 1 aliphatic carbocycles. The number of piperidine rings is 1. The SMILES string of the molecule is NC(=O)c1cccc2c1C(=O)N(C1CCN(C3CCC(O)CC3)CC1)C2. The summed E-state index contributed by atoms with van der Waals surface area (Å²) in [5, 5.41) is 9.69. The quantitative estimate of drug-likeness (QED) is 0.858. The summed E-state index contributed by atoms with van der Waals surface area (Å²) >= 11 is 0. The minimum Gasteiger partial charge on any atom is -0.393 e. The van der Waals surface area contributed by atoms with Crippen LogP contribution in [0.25, 0.3) is 0 Å². The molecular weight excluding hydrogens is 330 g/mol. The highest BCUT2D eigenvalue weighted by Crippen LogP contribution is 2.32. The Hall–Kier alpha value is -1.92. The van der Waals surface area contributed by atoms with E-state index in [9.17, 15) is 14.7 Å². The van der Waals surface area contributed by atoms with Gasteiger partial charge in [0, 0.05) is 31.7 Å². The lowest BCUT2D eigenvalue weighted by Crippen LogP contribution is -2.49. The van der Waals surface area contributed by atoms with Crippen LogP contribution >= 0.6 is 0 Å². The van der Waals surface area contributed by atoms with Gasteiger partial charge in [-0.2, -0.15) is 0 Å². The van der Waals surface area contributed by atoms with Crippen molar-refractivity contribution in [2.75, 3.05) is 13.1 Å². The fourth-order valence-electron chi connectivity index (χ4n) is 4.87. The molecule has 3 N–H and O–H groups in total. The number of likely N-dealkylation sites (tertiary alicyclic amines) is 1. The number of benzene rings is 1. The lowest BCUT2D eigenvalue weighted by atomic mass is 9.90. The van der Waals surface area contributed by atoms with E-state index in [1.54, 1.807) is 12.1 Å². The van der Waals surface area contributed by atoms with E-state index in [1.807, 2.05) is 11.0 Å². The number of nitrogens with two attached hydrogens (primary N) is 1. The number of aliphatic hydroxyl groups is 1. The van der Waals surface area contributed by atoms with Gasteiger partial charge in [0.2, 0.25) is 5.91 Å². The predicted octanol–water partition coefficient (Wildman–Crippen LogP) is 1.51. The van der Waals surface area contributed by atoms with E-state index >= 15 is 0 Å². The van der Waals surface area contributed by atoms with Crippen LogP contribution in [0.5, 0.6) is 0 Å². The van der Waals surface area contributed by atoms with Crippen LogP contribution < -0.4 is 5.73 Å². The Morgan fingerprint density at radius 2 is 1.73 bits per heavy atom. The van der Waals surface area contributed by atoms with Gasteiger partial charge in [-0.05, 0) is 50.2 Å². The molecule has 1 aromatic rings. The number of fused-ring (bicyclic) bond motifs is 1. The molecule has 4 rings (SSSR count). The molecule has 0 unspecified atom stereocenters. The average molecular weight is 357 g/mol. The predicted molar refractivity (Wildman–Crippen MR) is 97.7 cm³/mol. The molecule has 1 saturated carbocycles. The molecule has 3 aliphatic rings. The topological polar surface area (TPSA) is 86.9 Å². The minimum absolute atomic E-state index is 0.0476. The molecule has 1 saturated heterocycles. The van der Waals surface area contributed by atoms with Crippen LogP contribution in [0.2, 0.25) is 0 Å². The lowest BCUT2D eigenvalue weighted by Gasteiger charge is -2.42. The second-order valence-electron chi connectivity index (χ2n) is 7.87. The summed E-state index contributed by atoms with van der Waals surface area (Å²) in [6.45, 7) is 2.57. The zero-order valence-electron chi connectivity index (χ0n) is 15.1. The number of primary amides is 1. The molecular formula is C20H27N3O3. The maximum absolute atomic E-state index is 12.9. The van der Waals surface area contributed by atoms with E-state index in [1.165, 1.54) is 0 Å². The van der Waals surface area contributed by atoms with Crippen molar-refractivity contribution in [3.63, 3.8) is 0 Å². The first-order valence-corrected chi connectivity index (χ1v) is 9.69.